The number of aliphatic hydroxyl groups is 1. The summed E-state index contributed by atoms with van der Waals surface area (Å²) < 4.78 is 4.75. The summed E-state index contributed by atoms with van der Waals surface area (Å²) in [6.45, 7) is 3.71. The van der Waals surface area contributed by atoms with Crippen molar-refractivity contribution in [2.45, 2.75) is 13.8 Å². The number of rotatable bonds is 2. The van der Waals surface area contributed by atoms with E-state index in [0.29, 0.717) is 5.04 Å². The van der Waals surface area contributed by atoms with Gasteiger partial charge in [-0.3, -0.25) is 0 Å². The van der Waals surface area contributed by atoms with Gasteiger partial charge in [0, 0.05) is 0 Å². The van der Waals surface area contributed by atoms with Crippen LogP contribution in [0.5, 0.6) is 0 Å². The van der Waals surface area contributed by atoms with Gasteiger partial charge < -0.3 is 9.84 Å². The Morgan fingerprint density at radius 1 is 1.77 bits per heavy atom. The Bertz CT molecular complexity index is 330. The molecule has 0 radical (unpaired) electrons. The minimum atomic E-state index is -0.662. The molecule has 0 amide bonds. The lowest BCUT2D eigenvalue weighted by Gasteiger charge is -2.04. The van der Waals surface area contributed by atoms with Crippen molar-refractivity contribution in [3.05, 3.63) is 10.8 Å². The van der Waals surface area contributed by atoms with Gasteiger partial charge in [-0.25, -0.2) is 9.79 Å². The Balaban J connectivity index is 2.90. The van der Waals surface area contributed by atoms with Crippen LogP contribution < -0.4 is 0 Å². The number of hydrogen-bond acceptors (Lipinski definition) is 4. The van der Waals surface area contributed by atoms with E-state index in [-0.39, 0.29) is 17.4 Å². The van der Waals surface area contributed by atoms with Crippen molar-refractivity contribution in [3.63, 3.8) is 0 Å². The molecular weight excluding hydrogens is 190 g/mol. The highest BCUT2D eigenvalue weighted by molar-refractivity contribution is 8.31. The van der Waals surface area contributed by atoms with E-state index in [1.807, 2.05) is 0 Å². The van der Waals surface area contributed by atoms with E-state index in [1.165, 1.54) is 0 Å². The van der Waals surface area contributed by atoms with Crippen LogP contribution in [0.3, 0.4) is 0 Å². The summed E-state index contributed by atoms with van der Waals surface area (Å²) in [6.07, 6.45) is 0. The highest BCUT2D eigenvalue weighted by Crippen LogP contribution is 2.34. The van der Waals surface area contributed by atoms with Gasteiger partial charge in [0.05, 0.1) is 11.7 Å². The molecule has 13 heavy (non-hydrogen) atoms. The van der Waals surface area contributed by atoms with E-state index in [1.54, 1.807) is 13.8 Å². The molecule has 0 saturated heterocycles. The molecule has 0 aromatic carbocycles. The number of carbonyl (C=O) groups excluding carboxylic acids is 1. The van der Waals surface area contributed by atoms with Crippen LogP contribution in [-0.2, 0) is 9.53 Å². The number of esters is 1. The minimum Gasteiger partial charge on any atom is -0.492 e. The van der Waals surface area contributed by atoms with Gasteiger partial charge in [0.1, 0.15) is 0 Å². The van der Waals surface area contributed by atoms with E-state index in [9.17, 15) is 9.90 Å². The average molecular weight is 201 g/mol. The van der Waals surface area contributed by atoms with Crippen LogP contribution in [0.1, 0.15) is 13.8 Å². The highest BCUT2D eigenvalue weighted by atomic mass is 32.2. The maximum atomic E-state index is 11.3. The fraction of sp³-hybridized carbons (Fsp3) is 0.375. The Morgan fingerprint density at radius 2 is 2.38 bits per heavy atom. The topological polar surface area (TPSA) is 58.9 Å². The van der Waals surface area contributed by atoms with Crippen molar-refractivity contribution in [2.24, 2.45) is 4.99 Å². The highest BCUT2D eigenvalue weighted by Gasteiger charge is 2.25. The SMILES string of the molecule is C=S1C(C)=NC(O)=C1C(=O)OCC. The molecule has 1 rings (SSSR count). The number of ether oxygens (including phenoxy) is 1. The van der Waals surface area contributed by atoms with Gasteiger partial charge in [0.25, 0.3) is 0 Å². The first-order valence-electron chi connectivity index (χ1n) is 3.77. The molecule has 0 bridgehead atoms. The summed E-state index contributed by atoms with van der Waals surface area (Å²) in [5, 5.41) is 9.94. The van der Waals surface area contributed by atoms with Gasteiger partial charge in [-0.1, -0.05) is 5.87 Å². The predicted molar refractivity (Wildman–Crippen MR) is 54.1 cm³/mol. The maximum Gasteiger partial charge on any atom is 0.350 e. The normalized spacial score (nSPS) is 21.7. The molecule has 0 saturated carbocycles. The van der Waals surface area contributed by atoms with Crippen LogP contribution in [-0.4, -0.2) is 28.6 Å². The zero-order valence-electron chi connectivity index (χ0n) is 7.53. The molecule has 1 aliphatic heterocycles. The standard InChI is InChI=1S/C8H11NO3S/c1-4-12-8(11)6-7(10)9-5(2)13(6)3/h10H,3-4H2,1-2H3. The molecule has 0 aromatic rings. The third-order valence-electron chi connectivity index (χ3n) is 1.53. The fourth-order valence-electron chi connectivity index (χ4n) is 0.901. The van der Waals surface area contributed by atoms with Crippen LogP contribution in [0.15, 0.2) is 15.8 Å². The number of aliphatic hydroxyl groups excluding tert-OH is 1. The zero-order valence-corrected chi connectivity index (χ0v) is 8.35. The van der Waals surface area contributed by atoms with Crippen LogP contribution in [0.25, 0.3) is 0 Å². The lowest BCUT2D eigenvalue weighted by atomic mass is 10.6. The fourth-order valence-corrected chi connectivity index (χ4v) is 1.92. The summed E-state index contributed by atoms with van der Waals surface area (Å²) in [5.41, 5.74) is 0. The molecule has 1 N–H and O–H groups in total. The molecule has 1 heterocycles. The lowest BCUT2D eigenvalue weighted by molar-refractivity contribution is -0.137. The third kappa shape index (κ3) is 1.80. The van der Waals surface area contributed by atoms with E-state index < -0.39 is 16.5 Å². The van der Waals surface area contributed by atoms with Crippen LogP contribution in [0, 0.1) is 0 Å². The van der Waals surface area contributed by atoms with Crippen molar-refractivity contribution in [3.8, 4) is 0 Å². The van der Waals surface area contributed by atoms with Crippen LogP contribution >= 0.6 is 10.5 Å². The first-order valence-corrected chi connectivity index (χ1v) is 5.17. The van der Waals surface area contributed by atoms with Crippen molar-refractivity contribution in [2.75, 3.05) is 6.61 Å². The summed E-state index contributed by atoms with van der Waals surface area (Å²) in [4.78, 5) is 15.2. The Hall–Kier alpha value is -1.10. The third-order valence-corrected chi connectivity index (χ3v) is 3.18. The van der Waals surface area contributed by atoms with E-state index in [4.69, 9.17) is 4.74 Å². The van der Waals surface area contributed by atoms with Gasteiger partial charge in [-0.05, 0) is 13.8 Å². The molecule has 1 atom stereocenters. The van der Waals surface area contributed by atoms with Gasteiger partial charge in [0.15, 0.2) is 4.91 Å². The first kappa shape index (κ1) is 9.98. The average Bonchev–Trinajstić information content (AvgIpc) is 2.27. The number of hydrogen-bond donors (Lipinski definition) is 1. The van der Waals surface area contributed by atoms with E-state index in [0.717, 1.165) is 0 Å². The Kier molecular flexibility index (Phi) is 2.87. The summed E-state index contributed by atoms with van der Waals surface area (Å²) in [7, 11) is -0.662. The molecular formula is C8H11NO3S. The second-order valence-electron chi connectivity index (χ2n) is 2.39. The quantitative estimate of drug-likeness (QED) is 0.542. The van der Waals surface area contributed by atoms with Crippen molar-refractivity contribution < 1.29 is 14.6 Å². The van der Waals surface area contributed by atoms with Crippen molar-refractivity contribution in [1.82, 2.24) is 0 Å². The molecule has 5 heteroatoms. The van der Waals surface area contributed by atoms with E-state index in [2.05, 4.69) is 10.9 Å². The Labute approximate surface area is 78.9 Å². The van der Waals surface area contributed by atoms with Gasteiger partial charge in [-0.15, -0.1) is 10.5 Å². The lowest BCUT2D eigenvalue weighted by Crippen LogP contribution is -2.07. The number of carbonyl (C=O) groups is 1. The van der Waals surface area contributed by atoms with E-state index >= 15 is 0 Å². The van der Waals surface area contributed by atoms with Crippen LogP contribution in [0.4, 0.5) is 0 Å². The number of aliphatic imine (C=N–C) groups is 1. The van der Waals surface area contributed by atoms with Gasteiger partial charge >= 0.3 is 5.97 Å². The minimum absolute atomic E-state index is 0.180. The second-order valence-corrected chi connectivity index (χ2v) is 4.18. The second kappa shape index (κ2) is 3.74. The summed E-state index contributed by atoms with van der Waals surface area (Å²) in [6, 6.07) is 0. The summed E-state index contributed by atoms with van der Waals surface area (Å²) >= 11 is 0. The molecule has 1 aliphatic rings. The molecule has 0 fully saturated rings. The summed E-state index contributed by atoms with van der Waals surface area (Å²) in [5.74, 6) is 2.95. The van der Waals surface area contributed by atoms with Crippen molar-refractivity contribution >= 4 is 27.4 Å². The first-order chi connectivity index (χ1) is 6.07. The number of nitrogens with zero attached hydrogens (tertiary/aromatic N) is 1. The molecule has 0 spiro atoms. The Morgan fingerprint density at radius 3 is 2.77 bits per heavy atom. The van der Waals surface area contributed by atoms with Crippen LogP contribution in [0.2, 0.25) is 0 Å². The molecule has 0 aromatic heterocycles. The van der Waals surface area contributed by atoms with Crippen molar-refractivity contribution in [1.29, 1.82) is 0 Å². The molecule has 0 aliphatic carbocycles. The maximum absolute atomic E-state index is 11.3. The van der Waals surface area contributed by atoms with Gasteiger partial charge in [-0.2, -0.15) is 0 Å². The predicted octanol–water partition coefficient (Wildman–Crippen LogP) is 1.41. The largest absolute Gasteiger partial charge is 0.492 e. The monoisotopic (exact) mass is 201 g/mol. The molecule has 72 valence electrons. The molecule has 1 unspecified atom stereocenters. The van der Waals surface area contributed by atoms with Gasteiger partial charge in [0.2, 0.25) is 5.88 Å². The smallest absolute Gasteiger partial charge is 0.350 e. The molecule has 4 nitrogen and oxygen atoms in total. The zero-order chi connectivity index (χ0) is 10.0.